The molecule has 0 spiro atoms. The van der Waals surface area contributed by atoms with Crippen molar-refractivity contribution in [3.63, 3.8) is 0 Å². The minimum Gasteiger partial charge on any atom is -0.501 e. The number of rotatable bonds is 4. The Morgan fingerprint density at radius 3 is 2.84 bits per heavy atom. The highest BCUT2D eigenvalue weighted by atomic mass is 19.1. The summed E-state index contributed by atoms with van der Waals surface area (Å²) in [6, 6.07) is 5.70. The predicted molar refractivity (Wildman–Crippen MR) is 107 cm³/mol. The molecule has 0 aliphatic carbocycles. The predicted octanol–water partition coefficient (Wildman–Crippen LogP) is 2.25. The van der Waals surface area contributed by atoms with Crippen molar-refractivity contribution in [1.29, 1.82) is 0 Å². The Labute approximate surface area is 176 Å². The smallest absolute Gasteiger partial charge is 0.296 e. The first-order valence-electron chi connectivity index (χ1n) is 9.66. The average molecular weight is 428 g/mol. The molecule has 3 heterocycles. The highest BCUT2D eigenvalue weighted by molar-refractivity contribution is 5.94. The second-order valence-electron chi connectivity index (χ2n) is 7.76. The number of fused-ring (bicyclic) bond motifs is 1. The van der Waals surface area contributed by atoms with Gasteiger partial charge in [0.2, 0.25) is 5.75 Å². The van der Waals surface area contributed by atoms with E-state index in [1.165, 1.54) is 22.8 Å². The monoisotopic (exact) mass is 428 g/mol. The van der Waals surface area contributed by atoms with Crippen LogP contribution in [0.5, 0.6) is 5.75 Å². The summed E-state index contributed by atoms with van der Waals surface area (Å²) in [4.78, 5) is 29.6. The van der Waals surface area contributed by atoms with E-state index in [4.69, 9.17) is 9.26 Å². The Balaban J connectivity index is 1.64. The van der Waals surface area contributed by atoms with Crippen LogP contribution in [0.1, 0.15) is 41.4 Å². The van der Waals surface area contributed by atoms with E-state index in [9.17, 15) is 19.1 Å². The first kappa shape index (κ1) is 20.7. The summed E-state index contributed by atoms with van der Waals surface area (Å²) in [6.45, 7) is 5.70. The summed E-state index contributed by atoms with van der Waals surface area (Å²) in [5, 5.41) is 16.7. The number of hydrogen-bond donors (Lipinski definition) is 2. The largest absolute Gasteiger partial charge is 0.501 e. The fourth-order valence-corrected chi connectivity index (χ4v) is 3.51. The Morgan fingerprint density at radius 1 is 1.35 bits per heavy atom. The van der Waals surface area contributed by atoms with E-state index in [2.05, 4.69) is 15.5 Å². The number of aromatic nitrogens is 3. The van der Waals surface area contributed by atoms with Crippen LogP contribution in [0.25, 0.3) is 11.3 Å². The van der Waals surface area contributed by atoms with Gasteiger partial charge in [0.15, 0.2) is 11.5 Å². The lowest BCUT2D eigenvalue weighted by Gasteiger charge is -2.32. The third kappa shape index (κ3) is 3.81. The van der Waals surface area contributed by atoms with Crippen molar-refractivity contribution in [1.82, 2.24) is 20.0 Å². The lowest BCUT2D eigenvalue weighted by molar-refractivity contribution is -0.0566. The fourth-order valence-electron chi connectivity index (χ4n) is 3.51. The van der Waals surface area contributed by atoms with Gasteiger partial charge in [-0.1, -0.05) is 11.2 Å². The number of nitrogens with zero attached hydrogens (tertiary/aromatic N) is 3. The summed E-state index contributed by atoms with van der Waals surface area (Å²) in [7, 11) is 0. The Bertz CT molecular complexity index is 1230. The maximum atomic E-state index is 13.8. The molecule has 31 heavy (non-hydrogen) atoms. The van der Waals surface area contributed by atoms with Gasteiger partial charge in [-0.05, 0) is 38.5 Å². The second kappa shape index (κ2) is 7.62. The zero-order valence-electron chi connectivity index (χ0n) is 17.2. The Kier molecular flexibility index (Phi) is 5.10. The van der Waals surface area contributed by atoms with E-state index in [0.717, 1.165) is 0 Å². The fraction of sp³-hybridized carbons (Fsp3) is 0.333. The molecule has 0 unspecified atom stereocenters. The highest BCUT2D eigenvalue weighted by Crippen LogP contribution is 2.28. The molecule has 1 aliphatic rings. The topological polar surface area (TPSA) is 119 Å². The number of aromatic hydroxyl groups is 1. The van der Waals surface area contributed by atoms with Gasteiger partial charge in [-0.2, -0.15) is 0 Å². The molecule has 0 saturated heterocycles. The van der Waals surface area contributed by atoms with Gasteiger partial charge < -0.3 is 19.7 Å². The molecule has 3 aromatic rings. The minimum absolute atomic E-state index is 0.0202. The number of halogens is 1. The molecule has 0 bridgehead atoms. The zero-order chi connectivity index (χ0) is 22.3. The number of aryl methyl sites for hydroxylation is 1. The van der Waals surface area contributed by atoms with Crippen LogP contribution in [-0.4, -0.2) is 32.3 Å². The molecule has 1 amide bonds. The SMILES string of the molecule is Cc1cc(-c2cc(F)ccc2CNC(=O)c2nc3n(c(=O)c2O)CCOC3(C)C)on1. The number of carbonyl (C=O) groups is 1. The average Bonchev–Trinajstić information content (AvgIpc) is 3.15. The molecule has 1 aliphatic heterocycles. The van der Waals surface area contributed by atoms with Crippen molar-refractivity contribution >= 4 is 5.91 Å². The first-order valence-corrected chi connectivity index (χ1v) is 9.66. The van der Waals surface area contributed by atoms with Crippen molar-refractivity contribution in [2.45, 2.75) is 39.5 Å². The van der Waals surface area contributed by atoms with Crippen molar-refractivity contribution in [2.75, 3.05) is 6.61 Å². The van der Waals surface area contributed by atoms with Crippen molar-refractivity contribution in [3.8, 4) is 17.1 Å². The number of ether oxygens (including phenoxy) is 1. The van der Waals surface area contributed by atoms with Crippen molar-refractivity contribution < 1.29 is 23.6 Å². The Hall–Kier alpha value is -3.53. The Morgan fingerprint density at radius 2 is 2.13 bits per heavy atom. The van der Waals surface area contributed by atoms with Gasteiger partial charge in [0.25, 0.3) is 11.5 Å². The first-order chi connectivity index (χ1) is 14.7. The minimum atomic E-state index is -0.894. The van der Waals surface area contributed by atoms with Gasteiger partial charge in [-0.25, -0.2) is 9.37 Å². The van der Waals surface area contributed by atoms with Crippen LogP contribution in [-0.2, 0) is 23.4 Å². The number of benzene rings is 1. The molecule has 162 valence electrons. The number of carbonyl (C=O) groups excluding carboxylic acids is 1. The van der Waals surface area contributed by atoms with Gasteiger partial charge >= 0.3 is 0 Å². The summed E-state index contributed by atoms with van der Waals surface area (Å²) in [5.41, 5.74) is -0.376. The third-order valence-corrected chi connectivity index (χ3v) is 5.08. The lowest BCUT2D eigenvalue weighted by atomic mass is 10.0. The van der Waals surface area contributed by atoms with E-state index in [0.29, 0.717) is 29.2 Å². The van der Waals surface area contributed by atoms with E-state index < -0.39 is 34.3 Å². The zero-order valence-corrected chi connectivity index (χ0v) is 17.2. The third-order valence-electron chi connectivity index (χ3n) is 5.08. The molecule has 0 atom stereocenters. The van der Waals surface area contributed by atoms with Crippen LogP contribution in [0.3, 0.4) is 0 Å². The van der Waals surface area contributed by atoms with Gasteiger partial charge in [-0.3, -0.25) is 14.2 Å². The molecular formula is C21H21FN4O5. The van der Waals surface area contributed by atoms with Gasteiger partial charge in [0.05, 0.1) is 18.8 Å². The maximum Gasteiger partial charge on any atom is 0.296 e. The van der Waals surface area contributed by atoms with E-state index in [1.807, 2.05) is 0 Å². The summed E-state index contributed by atoms with van der Waals surface area (Å²) < 4.78 is 26.0. The molecular weight excluding hydrogens is 407 g/mol. The van der Waals surface area contributed by atoms with Crippen LogP contribution >= 0.6 is 0 Å². The summed E-state index contributed by atoms with van der Waals surface area (Å²) >= 11 is 0. The van der Waals surface area contributed by atoms with Crippen LogP contribution in [0.2, 0.25) is 0 Å². The lowest BCUT2D eigenvalue weighted by Crippen LogP contribution is -2.42. The molecule has 2 N–H and O–H groups in total. The van der Waals surface area contributed by atoms with Crippen molar-refractivity contribution in [2.24, 2.45) is 0 Å². The van der Waals surface area contributed by atoms with E-state index in [1.54, 1.807) is 26.8 Å². The number of hydrogen-bond acceptors (Lipinski definition) is 7. The molecule has 4 rings (SSSR count). The van der Waals surface area contributed by atoms with Crippen LogP contribution in [0.4, 0.5) is 4.39 Å². The highest BCUT2D eigenvalue weighted by Gasteiger charge is 2.34. The number of nitrogens with one attached hydrogen (secondary N) is 1. The van der Waals surface area contributed by atoms with Crippen LogP contribution in [0, 0.1) is 12.7 Å². The molecule has 0 fully saturated rings. The number of amides is 1. The molecule has 2 aromatic heterocycles. The second-order valence-corrected chi connectivity index (χ2v) is 7.76. The molecule has 9 nitrogen and oxygen atoms in total. The normalized spacial score (nSPS) is 14.8. The van der Waals surface area contributed by atoms with E-state index >= 15 is 0 Å². The quantitative estimate of drug-likeness (QED) is 0.654. The molecule has 0 radical (unpaired) electrons. The van der Waals surface area contributed by atoms with Gasteiger partial charge in [-0.15, -0.1) is 0 Å². The van der Waals surface area contributed by atoms with E-state index in [-0.39, 0.29) is 18.9 Å². The van der Waals surface area contributed by atoms with Gasteiger partial charge in [0, 0.05) is 18.2 Å². The molecule has 0 saturated carbocycles. The standard InChI is InChI=1S/C21H21FN4O5/c1-11-8-15(31-25-11)14-9-13(22)5-4-12(14)10-23-18(28)16-17(27)19(29)26-6-7-30-21(2,3)20(26)24-16/h4-5,8-9,27H,6-7,10H2,1-3H3,(H,23,28). The van der Waals surface area contributed by atoms with Crippen LogP contribution < -0.4 is 10.9 Å². The summed E-state index contributed by atoms with van der Waals surface area (Å²) in [6.07, 6.45) is 0. The maximum absolute atomic E-state index is 13.8. The van der Waals surface area contributed by atoms with Crippen molar-refractivity contribution in [3.05, 3.63) is 63.2 Å². The summed E-state index contributed by atoms with van der Waals surface area (Å²) in [5.74, 6) is -1.34. The van der Waals surface area contributed by atoms with Crippen LogP contribution in [0.15, 0.2) is 33.6 Å². The van der Waals surface area contributed by atoms with Gasteiger partial charge in [0.1, 0.15) is 17.2 Å². The molecule has 1 aromatic carbocycles. The molecule has 10 heteroatoms.